The van der Waals surface area contributed by atoms with Gasteiger partial charge in [-0.2, -0.15) is 0 Å². The van der Waals surface area contributed by atoms with Crippen molar-refractivity contribution in [2.75, 3.05) is 40.5 Å². The van der Waals surface area contributed by atoms with Gasteiger partial charge in [0.15, 0.2) is 0 Å². The second-order valence-electron chi connectivity index (χ2n) is 18.2. The highest BCUT2D eigenvalue weighted by atomic mass is 16.5. The number of ether oxygens (including phenoxy) is 3. The average molecular weight is 1020 g/mol. The molecule has 8 heterocycles. The molecule has 2 N–H and O–H groups in total. The molecule has 2 aromatic carbocycles. The maximum Gasteiger partial charge on any atom is 0.330 e. The fraction of sp³-hybridized carbons (Fsp3) is 0.296. The Morgan fingerprint density at radius 2 is 1.04 bits per heavy atom. The van der Waals surface area contributed by atoms with Gasteiger partial charge in [0.2, 0.25) is 11.8 Å². The van der Waals surface area contributed by atoms with E-state index in [9.17, 15) is 19.2 Å². The molecule has 0 bridgehead atoms. The number of hydrogen-bond donors (Lipinski definition) is 2. The normalized spacial score (nSPS) is 12.5. The van der Waals surface area contributed by atoms with Crippen LogP contribution in [0.1, 0.15) is 60.2 Å². The number of pyridine rings is 4. The zero-order valence-electron chi connectivity index (χ0n) is 42.6. The standard InChI is InChI=1S/C54H54N12O9/c1-29-49(33(5)74-61-29)37-21-41-35(23-45(37)71-7)51-43(25-59-41)63(53(69)65(51)31(3)39-13-9-11-15-55-39)27-47(67)57-17-19-73-20-18-58-48(68)28-64-44-26-60-42-22-38(50-30(2)62-75-34(50)6)46(72-8)24-36(42)52(44)66(54(64)70)32(4)40-14-10-12-16-56-40/h9-16,21-26,31-32H,17-20,27-28H2,1-8H3,(H,57,67)(H,58,68)/t31-,32-/m1/s1. The van der Waals surface area contributed by atoms with Crippen molar-refractivity contribution in [1.82, 2.24) is 59.2 Å². The van der Waals surface area contributed by atoms with Crippen molar-refractivity contribution >= 4 is 55.7 Å². The average Bonchev–Trinajstić information content (AvgIpc) is 4.12. The summed E-state index contributed by atoms with van der Waals surface area (Å²) in [6, 6.07) is 17.5. The molecule has 10 rings (SSSR count). The SMILES string of the molecule is COc1cc2c(cc1-c1c(C)noc1C)ncc1c2n([C@H](C)c2ccccn2)c(=O)n1CC(=O)NCCOCCNC(=O)Cn1c(=O)n([C@H](C)c2ccccn2)c2c3cc(OC)c(-c4c(C)noc4C)cc3ncc21. The summed E-state index contributed by atoms with van der Waals surface area (Å²) < 4.78 is 34.5. The van der Waals surface area contributed by atoms with Crippen LogP contribution in [0.4, 0.5) is 0 Å². The van der Waals surface area contributed by atoms with Gasteiger partial charge in [-0.3, -0.25) is 47.8 Å². The fourth-order valence-corrected chi connectivity index (χ4v) is 9.97. The second kappa shape index (κ2) is 20.5. The van der Waals surface area contributed by atoms with Crippen LogP contribution in [0.2, 0.25) is 0 Å². The number of benzene rings is 2. The van der Waals surface area contributed by atoms with E-state index in [-0.39, 0.29) is 39.4 Å². The van der Waals surface area contributed by atoms with Crippen LogP contribution < -0.4 is 31.5 Å². The maximum atomic E-state index is 14.5. The van der Waals surface area contributed by atoms with Gasteiger partial charge in [0.1, 0.15) is 36.1 Å². The minimum atomic E-state index is -0.516. The molecule has 0 aliphatic carbocycles. The molecule has 0 unspecified atom stereocenters. The molecule has 0 aliphatic rings. The van der Waals surface area contributed by atoms with E-state index in [1.807, 2.05) is 90.1 Å². The van der Waals surface area contributed by atoms with E-state index in [0.29, 0.717) is 89.7 Å². The van der Waals surface area contributed by atoms with Gasteiger partial charge in [0.05, 0.1) is 119 Å². The Hall–Kier alpha value is -8.98. The highest BCUT2D eigenvalue weighted by Gasteiger charge is 2.28. The van der Waals surface area contributed by atoms with Gasteiger partial charge in [-0.25, -0.2) is 9.59 Å². The van der Waals surface area contributed by atoms with E-state index in [4.69, 9.17) is 33.2 Å². The summed E-state index contributed by atoms with van der Waals surface area (Å²) in [7, 11) is 3.14. The lowest BCUT2D eigenvalue weighted by atomic mass is 10.00. The van der Waals surface area contributed by atoms with Crippen LogP contribution in [-0.2, 0) is 27.4 Å². The lowest BCUT2D eigenvalue weighted by Crippen LogP contribution is -2.36. The Bertz CT molecular complexity index is 3640. The van der Waals surface area contributed by atoms with Crippen molar-refractivity contribution in [3.8, 4) is 33.8 Å². The van der Waals surface area contributed by atoms with E-state index < -0.39 is 35.3 Å². The molecule has 10 aromatic rings. The number of aromatic nitrogens is 10. The molecule has 0 fully saturated rings. The predicted octanol–water partition coefficient (Wildman–Crippen LogP) is 6.53. The van der Waals surface area contributed by atoms with Gasteiger partial charge < -0.3 is 33.9 Å². The Balaban J connectivity index is 0.822. The van der Waals surface area contributed by atoms with Crippen LogP contribution in [0, 0.1) is 27.7 Å². The Labute approximate surface area is 428 Å². The quantitative estimate of drug-likeness (QED) is 0.0868. The first-order valence-electron chi connectivity index (χ1n) is 24.3. The van der Waals surface area contributed by atoms with Crippen molar-refractivity contribution in [2.45, 2.75) is 66.7 Å². The number of rotatable bonds is 18. The highest BCUT2D eigenvalue weighted by Crippen LogP contribution is 2.41. The summed E-state index contributed by atoms with van der Waals surface area (Å²) in [4.78, 5) is 74.6. The molecule has 0 spiro atoms. The number of nitrogens with one attached hydrogen (secondary N) is 2. The van der Waals surface area contributed by atoms with Crippen LogP contribution in [0.15, 0.2) is 104 Å². The summed E-state index contributed by atoms with van der Waals surface area (Å²) in [5.74, 6) is 1.47. The van der Waals surface area contributed by atoms with E-state index in [2.05, 4.69) is 30.9 Å². The molecule has 0 aliphatic heterocycles. The van der Waals surface area contributed by atoms with Gasteiger partial charge in [-0.1, -0.05) is 22.4 Å². The third-order valence-electron chi connectivity index (χ3n) is 13.6. The number of hydrogen-bond acceptors (Lipinski definition) is 15. The summed E-state index contributed by atoms with van der Waals surface area (Å²) in [6.07, 6.45) is 6.54. The second-order valence-corrected chi connectivity index (χ2v) is 18.2. The van der Waals surface area contributed by atoms with Crippen molar-refractivity contribution in [2.24, 2.45) is 0 Å². The fourth-order valence-electron chi connectivity index (χ4n) is 9.97. The van der Waals surface area contributed by atoms with Gasteiger partial charge in [-0.15, -0.1) is 0 Å². The molecule has 21 heteroatoms. The molecule has 21 nitrogen and oxygen atoms in total. The zero-order valence-corrected chi connectivity index (χ0v) is 42.6. The van der Waals surface area contributed by atoms with Crippen molar-refractivity contribution in [3.63, 3.8) is 0 Å². The minimum Gasteiger partial charge on any atom is -0.496 e. The first-order valence-corrected chi connectivity index (χ1v) is 24.3. The smallest absolute Gasteiger partial charge is 0.330 e. The largest absolute Gasteiger partial charge is 0.496 e. The van der Waals surface area contributed by atoms with Crippen LogP contribution in [0.3, 0.4) is 0 Å². The monoisotopic (exact) mass is 1010 g/mol. The third kappa shape index (κ3) is 9.04. The third-order valence-corrected chi connectivity index (χ3v) is 13.6. The van der Waals surface area contributed by atoms with Gasteiger partial charge in [0.25, 0.3) is 0 Å². The maximum absolute atomic E-state index is 14.5. The Morgan fingerprint density at radius 3 is 1.40 bits per heavy atom. The number of carbonyl (C=O) groups excluding carboxylic acids is 2. The topological polar surface area (TPSA) is 243 Å². The van der Waals surface area contributed by atoms with Crippen molar-refractivity contribution in [1.29, 1.82) is 0 Å². The highest BCUT2D eigenvalue weighted by molar-refractivity contribution is 6.06. The van der Waals surface area contributed by atoms with Crippen LogP contribution in [0.5, 0.6) is 11.5 Å². The van der Waals surface area contributed by atoms with Gasteiger partial charge >= 0.3 is 11.4 Å². The number of imidazole rings is 2. The first-order chi connectivity index (χ1) is 36.3. The lowest BCUT2D eigenvalue weighted by molar-refractivity contribution is -0.122. The molecule has 2 atom stereocenters. The molecule has 0 saturated heterocycles. The molecule has 8 aromatic heterocycles. The molecule has 384 valence electrons. The number of fused-ring (bicyclic) bond motifs is 6. The molecule has 0 radical (unpaired) electrons. The number of carbonyl (C=O) groups is 2. The number of methoxy groups -OCH3 is 2. The molecule has 0 saturated carbocycles. The zero-order chi connectivity index (χ0) is 52.7. The molecule has 2 amide bonds. The number of aryl methyl sites for hydroxylation is 4. The molecular formula is C54H54N12O9. The van der Waals surface area contributed by atoms with E-state index in [1.165, 1.54) is 9.13 Å². The van der Waals surface area contributed by atoms with Gasteiger partial charge in [-0.05, 0) is 90.1 Å². The Kier molecular flexibility index (Phi) is 13.6. The van der Waals surface area contributed by atoms with E-state index in [1.54, 1.807) is 60.3 Å². The van der Waals surface area contributed by atoms with Crippen LogP contribution >= 0.6 is 0 Å². The molecule has 75 heavy (non-hydrogen) atoms. The first kappa shape index (κ1) is 49.6. The minimum absolute atomic E-state index is 0.118. The summed E-state index contributed by atoms with van der Waals surface area (Å²) >= 11 is 0. The number of amides is 2. The van der Waals surface area contributed by atoms with Crippen molar-refractivity contribution in [3.05, 3.63) is 141 Å². The predicted molar refractivity (Wildman–Crippen MR) is 279 cm³/mol. The molecular weight excluding hydrogens is 961 g/mol. The van der Waals surface area contributed by atoms with Crippen molar-refractivity contribution < 1.29 is 32.8 Å². The summed E-state index contributed by atoms with van der Waals surface area (Å²) in [6.45, 7) is 11.0. The van der Waals surface area contributed by atoms with Crippen LogP contribution in [0.25, 0.3) is 66.1 Å². The number of nitrogens with zero attached hydrogens (tertiary/aromatic N) is 10. The lowest BCUT2D eigenvalue weighted by Gasteiger charge is -2.15. The van der Waals surface area contributed by atoms with Crippen LogP contribution in [-0.4, -0.2) is 101 Å². The van der Waals surface area contributed by atoms with Gasteiger partial charge in [0, 0.05) is 47.4 Å². The Morgan fingerprint density at radius 1 is 0.613 bits per heavy atom. The summed E-state index contributed by atoms with van der Waals surface area (Å²) in [5.41, 5.74) is 8.15. The summed E-state index contributed by atoms with van der Waals surface area (Å²) in [5, 5.41) is 15.2. The van der Waals surface area contributed by atoms with E-state index >= 15 is 0 Å². The van der Waals surface area contributed by atoms with E-state index in [0.717, 1.165) is 22.3 Å².